The molecule has 3 rings (SSSR count). The second-order valence-electron chi connectivity index (χ2n) is 7.24. The normalized spacial score (nSPS) is 15.4. The number of hydrogen-bond acceptors (Lipinski definition) is 2. The van der Waals surface area contributed by atoms with Crippen LogP contribution >= 0.6 is 0 Å². The van der Waals surface area contributed by atoms with E-state index in [1.807, 2.05) is 53.7 Å². The van der Waals surface area contributed by atoms with Crippen LogP contribution in [0.3, 0.4) is 0 Å². The summed E-state index contributed by atoms with van der Waals surface area (Å²) in [5.74, 6) is 0.582. The van der Waals surface area contributed by atoms with Crippen molar-refractivity contribution in [2.45, 2.75) is 80.1 Å². The summed E-state index contributed by atoms with van der Waals surface area (Å²) < 4.78 is 0. The van der Waals surface area contributed by atoms with E-state index in [0.717, 1.165) is 37.2 Å². The lowest BCUT2D eigenvalue weighted by molar-refractivity contribution is -0.122. The number of carbonyl (C=O) groups excluding carboxylic acids is 1. The summed E-state index contributed by atoms with van der Waals surface area (Å²) in [4.78, 5) is 15.7. The first-order chi connectivity index (χ1) is 15.2. The zero-order chi connectivity index (χ0) is 23.7. The maximum atomic E-state index is 13.2. The van der Waals surface area contributed by atoms with Gasteiger partial charge in [0.2, 0.25) is 0 Å². The van der Waals surface area contributed by atoms with Crippen LogP contribution in [0.25, 0.3) is 0 Å². The highest BCUT2D eigenvalue weighted by molar-refractivity contribution is 5.92. The summed E-state index contributed by atoms with van der Waals surface area (Å²) in [6, 6.07) is 20.8. The van der Waals surface area contributed by atoms with Crippen LogP contribution in [0.15, 0.2) is 60.7 Å². The summed E-state index contributed by atoms with van der Waals surface area (Å²) in [6.45, 7) is 19.3. The van der Waals surface area contributed by atoms with E-state index in [2.05, 4.69) is 60.4 Å². The molecular formula is C29H47NO. The van der Waals surface area contributed by atoms with E-state index in [4.69, 9.17) is 0 Å². The van der Waals surface area contributed by atoms with Gasteiger partial charge in [-0.2, -0.15) is 0 Å². The molecule has 0 spiro atoms. The standard InChI is InChI=1S/C23H29NO.3C2H6/c1-3-4-16-24-17-15-22(18-24)23(19(2)25,20-11-7-5-8-12-20)21-13-9-6-10-14-21;3*1-2/h5-14,22H,3-4,15-18H2,1-2H3;3*1-2H3. The van der Waals surface area contributed by atoms with Crippen molar-refractivity contribution in [2.75, 3.05) is 19.6 Å². The predicted octanol–water partition coefficient (Wildman–Crippen LogP) is 7.76. The van der Waals surface area contributed by atoms with E-state index in [9.17, 15) is 4.79 Å². The first-order valence-corrected chi connectivity index (χ1v) is 12.5. The maximum Gasteiger partial charge on any atom is 0.145 e. The maximum absolute atomic E-state index is 13.2. The van der Waals surface area contributed by atoms with Gasteiger partial charge in [-0.3, -0.25) is 4.79 Å². The fourth-order valence-electron chi connectivity index (χ4n) is 4.51. The second kappa shape index (κ2) is 16.7. The molecule has 1 aliphatic rings. The Balaban J connectivity index is 0.00000138. The first-order valence-electron chi connectivity index (χ1n) is 12.5. The summed E-state index contributed by atoms with van der Waals surface area (Å²) >= 11 is 0. The Kier molecular flexibility index (Phi) is 15.7. The summed E-state index contributed by atoms with van der Waals surface area (Å²) in [5.41, 5.74) is 1.73. The molecule has 174 valence electrons. The fourth-order valence-corrected chi connectivity index (χ4v) is 4.51. The van der Waals surface area contributed by atoms with Gasteiger partial charge in [-0.1, -0.05) is 116 Å². The smallest absolute Gasteiger partial charge is 0.145 e. The lowest BCUT2D eigenvalue weighted by Gasteiger charge is -2.38. The Bertz CT molecular complexity index is 641. The lowest BCUT2D eigenvalue weighted by Crippen LogP contribution is -2.44. The number of unbranched alkanes of at least 4 members (excludes halogenated alkanes) is 1. The zero-order valence-corrected chi connectivity index (χ0v) is 21.4. The van der Waals surface area contributed by atoms with Gasteiger partial charge in [0, 0.05) is 6.54 Å². The Hall–Kier alpha value is -1.93. The number of hydrogen-bond donors (Lipinski definition) is 0. The Labute approximate surface area is 193 Å². The van der Waals surface area contributed by atoms with Gasteiger partial charge in [0.25, 0.3) is 0 Å². The van der Waals surface area contributed by atoms with Gasteiger partial charge in [0.1, 0.15) is 5.78 Å². The quantitative estimate of drug-likeness (QED) is 0.451. The van der Waals surface area contributed by atoms with Gasteiger partial charge in [0.05, 0.1) is 5.41 Å². The molecule has 31 heavy (non-hydrogen) atoms. The van der Waals surface area contributed by atoms with Crippen LogP contribution in [0, 0.1) is 5.92 Å². The number of nitrogens with zero attached hydrogens (tertiary/aromatic N) is 1. The summed E-state index contributed by atoms with van der Waals surface area (Å²) in [7, 11) is 0. The van der Waals surface area contributed by atoms with Crippen LogP contribution in [0.1, 0.15) is 85.8 Å². The fraction of sp³-hybridized carbons (Fsp3) is 0.552. The highest BCUT2D eigenvalue weighted by Gasteiger charge is 2.48. The molecule has 1 unspecified atom stereocenters. The van der Waals surface area contributed by atoms with Gasteiger partial charge < -0.3 is 4.90 Å². The third-order valence-electron chi connectivity index (χ3n) is 5.73. The number of benzene rings is 2. The Morgan fingerprint density at radius 1 is 0.871 bits per heavy atom. The molecule has 0 saturated carbocycles. The van der Waals surface area contributed by atoms with Crippen LogP contribution in [-0.2, 0) is 10.2 Å². The molecule has 0 amide bonds. The van der Waals surface area contributed by atoms with E-state index in [1.54, 1.807) is 6.92 Å². The molecule has 0 radical (unpaired) electrons. The number of rotatable bonds is 7. The van der Waals surface area contributed by atoms with Crippen LogP contribution < -0.4 is 0 Å². The van der Waals surface area contributed by atoms with E-state index < -0.39 is 5.41 Å². The highest BCUT2D eigenvalue weighted by atomic mass is 16.1. The van der Waals surface area contributed by atoms with E-state index >= 15 is 0 Å². The molecule has 2 aromatic rings. The van der Waals surface area contributed by atoms with Crippen molar-refractivity contribution in [2.24, 2.45) is 5.92 Å². The average Bonchev–Trinajstić information content (AvgIpc) is 3.32. The van der Waals surface area contributed by atoms with E-state index in [0.29, 0.717) is 5.92 Å². The van der Waals surface area contributed by atoms with Gasteiger partial charge in [-0.25, -0.2) is 0 Å². The molecule has 2 aromatic carbocycles. The van der Waals surface area contributed by atoms with Gasteiger partial charge >= 0.3 is 0 Å². The Morgan fingerprint density at radius 3 is 1.71 bits per heavy atom. The molecule has 0 aromatic heterocycles. The van der Waals surface area contributed by atoms with Crippen molar-refractivity contribution in [1.29, 1.82) is 0 Å². The first kappa shape index (κ1) is 29.1. The monoisotopic (exact) mass is 425 g/mol. The van der Waals surface area contributed by atoms with Crippen molar-refractivity contribution < 1.29 is 4.79 Å². The van der Waals surface area contributed by atoms with Crippen LogP contribution in [0.4, 0.5) is 0 Å². The zero-order valence-electron chi connectivity index (χ0n) is 21.4. The second-order valence-corrected chi connectivity index (χ2v) is 7.24. The van der Waals surface area contributed by atoms with E-state index in [1.165, 1.54) is 12.8 Å². The molecule has 1 atom stereocenters. The minimum Gasteiger partial charge on any atom is -0.303 e. The molecule has 1 saturated heterocycles. The predicted molar refractivity (Wildman–Crippen MR) is 138 cm³/mol. The molecule has 0 bridgehead atoms. The van der Waals surface area contributed by atoms with Gasteiger partial charge in [-0.05, 0) is 49.9 Å². The van der Waals surface area contributed by atoms with Gasteiger partial charge in [0.15, 0.2) is 0 Å². The molecule has 1 fully saturated rings. The largest absolute Gasteiger partial charge is 0.303 e. The number of likely N-dealkylation sites (tertiary alicyclic amines) is 1. The molecule has 2 heteroatoms. The highest BCUT2D eigenvalue weighted by Crippen LogP contribution is 2.44. The summed E-state index contributed by atoms with van der Waals surface area (Å²) in [5, 5.41) is 0. The number of carbonyl (C=O) groups is 1. The summed E-state index contributed by atoms with van der Waals surface area (Å²) in [6.07, 6.45) is 3.53. The third-order valence-corrected chi connectivity index (χ3v) is 5.73. The lowest BCUT2D eigenvalue weighted by atomic mass is 9.63. The Morgan fingerprint density at radius 2 is 1.32 bits per heavy atom. The molecular weight excluding hydrogens is 378 g/mol. The van der Waals surface area contributed by atoms with E-state index in [-0.39, 0.29) is 5.78 Å². The third kappa shape index (κ3) is 7.31. The van der Waals surface area contributed by atoms with Crippen molar-refractivity contribution in [3.8, 4) is 0 Å². The number of ketones is 1. The van der Waals surface area contributed by atoms with Crippen LogP contribution in [0.5, 0.6) is 0 Å². The van der Waals surface area contributed by atoms with Crippen molar-refractivity contribution >= 4 is 5.78 Å². The van der Waals surface area contributed by atoms with Crippen molar-refractivity contribution in [1.82, 2.24) is 4.90 Å². The van der Waals surface area contributed by atoms with Crippen LogP contribution in [0.2, 0.25) is 0 Å². The van der Waals surface area contributed by atoms with Crippen molar-refractivity contribution in [3.05, 3.63) is 71.8 Å². The molecule has 1 heterocycles. The average molecular weight is 426 g/mol. The molecule has 1 aliphatic heterocycles. The topological polar surface area (TPSA) is 20.3 Å². The molecule has 2 nitrogen and oxygen atoms in total. The SMILES string of the molecule is CC.CC.CC.CCCCN1CCC(C(C(C)=O)(c2ccccc2)c2ccccc2)C1. The van der Waals surface area contributed by atoms with Crippen molar-refractivity contribution in [3.63, 3.8) is 0 Å². The molecule has 0 N–H and O–H groups in total. The minimum absolute atomic E-state index is 0.257. The minimum atomic E-state index is -0.538. The van der Waals surface area contributed by atoms with Crippen LogP contribution in [-0.4, -0.2) is 30.3 Å². The van der Waals surface area contributed by atoms with Gasteiger partial charge in [-0.15, -0.1) is 0 Å². The molecule has 0 aliphatic carbocycles. The number of Topliss-reactive ketones (excluding diaryl/α,β-unsaturated/α-hetero) is 1.